The number of rotatable bonds is 2. The molecule has 5 heteroatoms. The van der Waals surface area contributed by atoms with E-state index in [-0.39, 0.29) is 18.3 Å². The lowest BCUT2D eigenvalue weighted by atomic mass is 9.77. The average molecular weight is 343 g/mol. The van der Waals surface area contributed by atoms with Crippen LogP contribution >= 0.6 is 0 Å². The van der Waals surface area contributed by atoms with Crippen LogP contribution in [0.25, 0.3) is 0 Å². The molecule has 2 fully saturated rings. The van der Waals surface area contributed by atoms with Crippen molar-refractivity contribution in [1.29, 1.82) is 0 Å². The van der Waals surface area contributed by atoms with Crippen molar-refractivity contribution in [2.45, 2.75) is 70.7 Å². The predicted octanol–water partition coefficient (Wildman–Crippen LogP) is 2.52. The first-order valence-electron chi connectivity index (χ1n) is 9.65. The van der Waals surface area contributed by atoms with E-state index >= 15 is 0 Å². The van der Waals surface area contributed by atoms with E-state index in [9.17, 15) is 0 Å². The monoisotopic (exact) mass is 343 g/mol. The maximum atomic E-state index is 6.23. The van der Waals surface area contributed by atoms with E-state index in [2.05, 4.69) is 50.8 Å². The molecule has 4 nitrogen and oxygen atoms in total. The smallest absolute Gasteiger partial charge is 0.399 e. The molecule has 0 unspecified atom stereocenters. The van der Waals surface area contributed by atoms with Crippen LogP contribution in [0.5, 0.6) is 0 Å². The van der Waals surface area contributed by atoms with E-state index < -0.39 is 0 Å². The Balaban J connectivity index is 1.52. The summed E-state index contributed by atoms with van der Waals surface area (Å²) in [6.45, 7) is 12.4. The van der Waals surface area contributed by atoms with Crippen LogP contribution < -0.4 is 5.46 Å². The third kappa shape index (κ3) is 3.28. The van der Waals surface area contributed by atoms with Gasteiger partial charge in [-0.3, -0.25) is 4.90 Å². The normalized spacial score (nSPS) is 26.6. The van der Waals surface area contributed by atoms with Gasteiger partial charge in [0.15, 0.2) is 0 Å². The molecule has 0 bridgehead atoms. The van der Waals surface area contributed by atoms with Crippen molar-refractivity contribution in [3.05, 3.63) is 29.3 Å². The van der Waals surface area contributed by atoms with Gasteiger partial charge in [0.05, 0.1) is 11.2 Å². The van der Waals surface area contributed by atoms with Crippen molar-refractivity contribution < 1.29 is 14.0 Å². The first-order valence-corrected chi connectivity index (χ1v) is 9.65. The van der Waals surface area contributed by atoms with Gasteiger partial charge in [0, 0.05) is 32.3 Å². The number of hydrogen-bond acceptors (Lipinski definition) is 4. The summed E-state index contributed by atoms with van der Waals surface area (Å²) in [6, 6.07) is 7.44. The highest BCUT2D eigenvalue weighted by Crippen LogP contribution is 2.36. The summed E-state index contributed by atoms with van der Waals surface area (Å²) in [4.78, 5) is 2.64. The first-order chi connectivity index (χ1) is 11.9. The fraction of sp³-hybridized carbons (Fsp3) is 0.700. The van der Waals surface area contributed by atoms with Crippen LogP contribution in [0.1, 0.15) is 51.7 Å². The molecule has 1 aromatic carbocycles. The minimum Gasteiger partial charge on any atom is -0.399 e. The van der Waals surface area contributed by atoms with Crippen LogP contribution in [0.4, 0.5) is 0 Å². The minimum atomic E-state index is -0.290. The van der Waals surface area contributed by atoms with E-state index in [1.807, 2.05) is 0 Å². The maximum absolute atomic E-state index is 6.23. The molecule has 0 aliphatic carbocycles. The Labute approximate surface area is 152 Å². The average Bonchev–Trinajstić information content (AvgIpc) is 2.82. The fourth-order valence-corrected chi connectivity index (χ4v) is 4.09. The summed E-state index contributed by atoms with van der Waals surface area (Å²) in [5, 5.41) is 0. The molecule has 4 rings (SSSR count). The number of nitrogens with zero attached hydrogens (tertiary/aromatic N) is 1. The second-order valence-corrected chi connectivity index (χ2v) is 8.68. The van der Waals surface area contributed by atoms with E-state index in [0.29, 0.717) is 6.04 Å². The summed E-state index contributed by atoms with van der Waals surface area (Å²) < 4.78 is 18.0. The van der Waals surface area contributed by atoms with Gasteiger partial charge in [0.2, 0.25) is 0 Å². The Bertz CT molecular complexity index is 624. The highest BCUT2D eigenvalue weighted by molar-refractivity contribution is 6.62. The van der Waals surface area contributed by atoms with E-state index in [4.69, 9.17) is 14.0 Å². The summed E-state index contributed by atoms with van der Waals surface area (Å²) in [7, 11) is -0.270. The SMILES string of the molecule is CC1(C)OB(c2ccc3c(c2)CN(C2CCOCC2)CC3)OC1(C)C. The maximum Gasteiger partial charge on any atom is 0.494 e. The van der Waals surface area contributed by atoms with Gasteiger partial charge in [0.25, 0.3) is 0 Å². The predicted molar refractivity (Wildman–Crippen MR) is 100 cm³/mol. The Hall–Kier alpha value is -0.875. The van der Waals surface area contributed by atoms with Crippen LogP contribution in [0, 0.1) is 0 Å². The van der Waals surface area contributed by atoms with Gasteiger partial charge in [-0.05, 0) is 63.5 Å². The van der Waals surface area contributed by atoms with Gasteiger partial charge in [-0.2, -0.15) is 0 Å². The van der Waals surface area contributed by atoms with Gasteiger partial charge < -0.3 is 14.0 Å². The number of fused-ring (bicyclic) bond motifs is 1. The molecule has 1 aromatic rings. The summed E-state index contributed by atoms with van der Waals surface area (Å²) in [5.41, 5.74) is 3.48. The van der Waals surface area contributed by atoms with Gasteiger partial charge in [-0.1, -0.05) is 18.2 Å². The van der Waals surface area contributed by atoms with Crippen molar-refractivity contribution in [1.82, 2.24) is 4.90 Å². The Kier molecular flexibility index (Phi) is 4.47. The van der Waals surface area contributed by atoms with E-state index in [0.717, 1.165) is 51.0 Å². The van der Waals surface area contributed by atoms with Crippen molar-refractivity contribution >= 4 is 12.6 Å². The molecule has 136 valence electrons. The quantitative estimate of drug-likeness (QED) is 0.772. The molecule has 2 saturated heterocycles. The molecule has 0 atom stereocenters. The largest absolute Gasteiger partial charge is 0.494 e. The van der Waals surface area contributed by atoms with Crippen LogP contribution in [-0.2, 0) is 27.0 Å². The van der Waals surface area contributed by atoms with Crippen molar-refractivity contribution in [3.63, 3.8) is 0 Å². The number of ether oxygens (including phenoxy) is 1. The van der Waals surface area contributed by atoms with Crippen molar-refractivity contribution in [2.24, 2.45) is 0 Å². The fourth-order valence-electron chi connectivity index (χ4n) is 4.09. The first kappa shape index (κ1) is 17.5. The molecule has 0 amide bonds. The van der Waals surface area contributed by atoms with E-state index in [1.54, 1.807) is 0 Å². The summed E-state index contributed by atoms with van der Waals surface area (Å²) >= 11 is 0. The zero-order valence-corrected chi connectivity index (χ0v) is 16.0. The zero-order chi connectivity index (χ0) is 17.7. The number of benzene rings is 1. The molecular weight excluding hydrogens is 313 g/mol. The third-order valence-electron chi connectivity index (χ3n) is 6.50. The topological polar surface area (TPSA) is 30.9 Å². The molecular formula is C20H30BNO3. The van der Waals surface area contributed by atoms with Gasteiger partial charge in [0.1, 0.15) is 0 Å². The van der Waals surface area contributed by atoms with Gasteiger partial charge >= 0.3 is 7.12 Å². The lowest BCUT2D eigenvalue weighted by Gasteiger charge is -2.37. The molecule has 25 heavy (non-hydrogen) atoms. The molecule has 3 heterocycles. The third-order valence-corrected chi connectivity index (χ3v) is 6.50. The summed E-state index contributed by atoms with van der Waals surface area (Å²) in [5.74, 6) is 0. The Morgan fingerprint density at radius 2 is 1.68 bits per heavy atom. The van der Waals surface area contributed by atoms with Crippen LogP contribution in [0.15, 0.2) is 18.2 Å². The highest BCUT2D eigenvalue weighted by atomic mass is 16.7. The number of hydrogen-bond donors (Lipinski definition) is 0. The molecule has 0 N–H and O–H groups in total. The molecule has 0 aromatic heterocycles. The lowest BCUT2D eigenvalue weighted by molar-refractivity contribution is 0.00578. The molecule has 0 spiro atoms. The summed E-state index contributed by atoms with van der Waals surface area (Å²) in [6.07, 6.45) is 3.45. The molecule has 3 aliphatic rings. The Morgan fingerprint density at radius 1 is 1.00 bits per heavy atom. The van der Waals surface area contributed by atoms with Crippen LogP contribution in [-0.4, -0.2) is 49.0 Å². The molecule has 3 aliphatic heterocycles. The van der Waals surface area contributed by atoms with Crippen molar-refractivity contribution in [3.8, 4) is 0 Å². The Morgan fingerprint density at radius 3 is 2.36 bits per heavy atom. The standard InChI is InChI=1S/C20H30BNO3/c1-19(2)20(3,4)25-21(24-19)17-6-5-15-7-10-22(14-16(15)13-17)18-8-11-23-12-9-18/h5-6,13,18H,7-12,14H2,1-4H3. The molecule has 0 saturated carbocycles. The highest BCUT2D eigenvalue weighted by Gasteiger charge is 2.51. The van der Waals surface area contributed by atoms with E-state index in [1.165, 1.54) is 11.1 Å². The van der Waals surface area contributed by atoms with Crippen molar-refractivity contribution in [2.75, 3.05) is 19.8 Å². The van der Waals surface area contributed by atoms with Gasteiger partial charge in [-0.15, -0.1) is 0 Å². The zero-order valence-electron chi connectivity index (χ0n) is 16.0. The second-order valence-electron chi connectivity index (χ2n) is 8.68. The minimum absolute atomic E-state index is 0.270. The van der Waals surface area contributed by atoms with Crippen LogP contribution in [0.2, 0.25) is 0 Å². The second kappa shape index (κ2) is 6.38. The van der Waals surface area contributed by atoms with Crippen LogP contribution in [0.3, 0.4) is 0 Å². The lowest BCUT2D eigenvalue weighted by Crippen LogP contribution is -2.43. The molecule has 0 radical (unpaired) electrons. The van der Waals surface area contributed by atoms with Gasteiger partial charge in [-0.25, -0.2) is 0 Å².